The van der Waals surface area contributed by atoms with Crippen LogP contribution in [0.3, 0.4) is 0 Å². The van der Waals surface area contributed by atoms with Gasteiger partial charge in [-0.2, -0.15) is 0 Å². The van der Waals surface area contributed by atoms with Crippen LogP contribution >= 0.6 is 0 Å². The van der Waals surface area contributed by atoms with Gasteiger partial charge in [0.15, 0.2) is 0 Å². The molecule has 1 rings (SSSR count). The van der Waals surface area contributed by atoms with Gasteiger partial charge >= 0.3 is 7.12 Å². The van der Waals surface area contributed by atoms with Crippen molar-refractivity contribution in [2.45, 2.75) is 4.90 Å². The SMILES string of the molecule is C[S@](=O)c1ccc(B(O)O)cc1. The number of benzene rings is 1. The molecule has 3 nitrogen and oxygen atoms in total. The summed E-state index contributed by atoms with van der Waals surface area (Å²) in [7, 11) is -2.47. The topological polar surface area (TPSA) is 57.5 Å². The Kier molecular flexibility index (Phi) is 3.02. The number of rotatable bonds is 2. The van der Waals surface area contributed by atoms with Crippen LogP contribution in [-0.2, 0) is 10.8 Å². The van der Waals surface area contributed by atoms with Crippen LogP contribution in [0.25, 0.3) is 0 Å². The van der Waals surface area contributed by atoms with Crippen molar-refractivity contribution < 1.29 is 14.3 Å². The molecule has 0 heterocycles. The molecule has 0 bridgehead atoms. The first-order chi connectivity index (χ1) is 5.61. The third-order valence-corrected chi connectivity index (χ3v) is 2.45. The van der Waals surface area contributed by atoms with E-state index in [9.17, 15) is 4.21 Å². The van der Waals surface area contributed by atoms with Gasteiger partial charge in [-0.05, 0) is 17.6 Å². The standard InChI is InChI=1S/C7H9BO3S/c1-12(11)7-4-2-6(3-5-7)8(9)10/h2-5,9-10H,1H3/t12-/m0/s1. The highest BCUT2D eigenvalue weighted by Crippen LogP contribution is 2.01. The lowest BCUT2D eigenvalue weighted by Gasteiger charge is -1.99. The molecule has 1 aromatic rings. The number of hydrogen-bond acceptors (Lipinski definition) is 3. The minimum Gasteiger partial charge on any atom is -0.423 e. The molecule has 0 radical (unpaired) electrons. The Labute approximate surface area is 73.7 Å². The number of hydrogen-bond donors (Lipinski definition) is 2. The van der Waals surface area contributed by atoms with E-state index in [1.54, 1.807) is 30.5 Å². The molecule has 0 saturated carbocycles. The van der Waals surface area contributed by atoms with Gasteiger partial charge in [0.25, 0.3) is 0 Å². The Morgan fingerprint density at radius 1 is 1.25 bits per heavy atom. The lowest BCUT2D eigenvalue weighted by Crippen LogP contribution is -2.29. The fraction of sp³-hybridized carbons (Fsp3) is 0.143. The van der Waals surface area contributed by atoms with Crippen molar-refractivity contribution in [1.29, 1.82) is 0 Å². The van der Waals surface area contributed by atoms with E-state index in [0.717, 1.165) is 0 Å². The Morgan fingerprint density at radius 3 is 2.08 bits per heavy atom. The van der Waals surface area contributed by atoms with Crippen molar-refractivity contribution in [3.8, 4) is 0 Å². The van der Waals surface area contributed by atoms with Gasteiger partial charge in [-0.1, -0.05) is 12.1 Å². The minimum absolute atomic E-state index is 0.407. The molecule has 0 aliphatic carbocycles. The molecule has 64 valence electrons. The van der Waals surface area contributed by atoms with Crippen molar-refractivity contribution in [2.75, 3.05) is 6.26 Å². The van der Waals surface area contributed by atoms with Gasteiger partial charge in [0, 0.05) is 22.0 Å². The highest BCUT2D eigenvalue weighted by atomic mass is 32.2. The highest BCUT2D eigenvalue weighted by molar-refractivity contribution is 7.84. The summed E-state index contributed by atoms with van der Waals surface area (Å²) < 4.78 is 10.9. The zero-order valence-corrected chi connectivity index (χ0v) is 7.41. The maximum atomic E-state index is 10.9. The maximum Gasteiger partial charge on any atom is 0.488 e. The molecule has 0 amide bonds. The quantitative estimate of drug-likeness (QED) is 0.586. The molecule has 12 heavy (non-hydrogen) atoms. The summed E-state index contributed by atoms with van der Waals surface area (Å²) in [4.78, 5) is 0.680. The molecule has 2 N–H and O–H groups in total. The first-order valence-electron chi connectivity index (χ1n) is 3.41. The second-order valence-corrected chi connectivity index (χ2v) is 3.78. The minimum atomic E-state index is -1.45. The first-order valence-corrected chi connectivity index (χ1v) is 4.96. The largest absolute Gasteiger partial charge is 0.488 e. The Hall–Kier alpha value is -0.645. The molecule has 0 aliphatic rings. The van der Waals surface area contributed by atoms with Gasteiger partial charge in [0.2, 0.25) is 0 Å². The highest BCUT2D eigenvalue weighted by Gasteiger charge is 2.09. The fourth-order valence-corrected chi connectivity index (χ4v) is 1.35. The molecule has 1 atom stereocenters. The maximum absolute atomic E-state index is 10.9. The Morgan fingerprint density at radius 2 is 1.75 bits per heavy atom. The monoisotopic (exact) mass is 184 g/mol. The van der Waals surface area contributed by atoms with E-state index in [-0.39, 0.29) is 0 Å². The average molecular weight is 184 g/mol. The van der Waals surface area contributed by atoms with Crippen molar-refractivity contribution in [1.82, 2.24) is 0 Å². The van der Waals surface area contributed by atoms with Gasteiger partial charge in [-0.25, -0.2) is 0 Å². The van der Waals surface area contributed by atoms with Crippen LogP contribution in [0.2, 0.25) is 0 Å². The van der Waals surface area contributed by atoms with Gasteiger partial charge < -0.3 is 10.0 Å². The summed E-state index contributed by atoms with van der Waals surface area (Å²) in [5.41, 5.74) is 0.407. The van der Waals surface area contributed by atoms with E-state index in [2.05, 4.69) is 0 Å². The first kappa shape index (κ1) is 9.44. The summed E-state index contributed by atoms with van der Waals surface area (Å²) >= 11 is 0. The second kappa shape index (κ2) is 3.84. The summed E-state index contributed by atoms with van der Waals surface area (Å²) in [5.74, 6) is 0. The van der Waals surface area contributed by atoms with Crippen LogP contribution in [-0.4, -0.2) is 27.6 Å². The van der Waals surface area contributed by atoms with Crippen LogP contribution < -0.4 is 5.46 Å². The van der Waals surface area contributed by atoms with E-state index < -0.39 is 17.9 Å². The van der Waals surface area contributed by atoms with Crippen LogP contribution in [0, 0.1) is 0 Å². The molecule has 0 saturated heterocycles. The summed E-state index contributed by atoms with van der Waals surface area (Å²) in [6.07, 6.45) is 1.57. The molecule has 0 unspecified atom stereocenters. The normalized spacial score (nSPS) is 12.6. The summed E-state index contributed by atoms with van der Waals surface area (Å²) in [6, 6.07) is 6.32. The van der Waals surface area contributed by atoms with Gasteiger partial charge in [0.1, 0.15) is 0 Å². The fourth-order valence-electron chi connectivity index (χ4n) is 0.832. The van der Waals surface area contributed by atoms with Crippen molar-refractivity contribution in [2.24, 2.45) is 0 Å². The Balaban J connectivity index is 2.93. The lowest BCUT2D eigenvalue weighted by molar-refractivity contribution is 0.425. The van der Waals surface area contributed by atoms with E-state index in [0.29, 0.717) is 10.4 Å². The molecule has 0 fully saturated rings. The molecular weight excluding hydrogens is 175 g/mol. The molecule has 1 aromatic carbocycles. The second-order valence-electron chi connectivity index (χ2n) is 2.40. The third kappa shape index (κ3) is 2.17. The van der Waals surface area contributed by atoms with Crippen molar-refractivity contribution >= 4 is 23.4 Å². The van der Waals surface area contributed by atoms with Crippen molar-refractivity contribution in [3.05, 3.63) is 24.3 Å². The smallest absolute Gasteiger partial charge is 0.423 e. The third-order valence-electron chi connectivity index (χ3n) is 1.51. The van der Waals surface area contributed by atoms with Crippen LogP contribution in [0.5, 0.6) is 0 Å². The van der Waals surface area contributed by atoms with Crippen LogP contribution in [0.4, 0.5) is 0 Å². The van der Waals surface area contributed by atoms with E-state index in [1.165, 1.54) is 0 Å². The van der Waals surface area contributed by atoms with E-state index >= 15 is 0 Å². The molecule has 0 aromatic heterocycles. The Bertz CT molecular complexity index is 283. The molecular formula is C7H9BO3S. The van der Waals surface area contributed by atoms with Gasteiger partial charge in [0.05, 0.1) is 0 Å². The van der Waals surface area contributed by atoms with E-state index in [4.69, 9.17) is 10.0 Å². The average Bonchev–Trinajstić information content (AvgIpc) is 2.04. The van der Waals surface area contributed by atoms with E-state index in [1.807, 2.05) is 0 Å². The van der Waals surface area contributed by atoms with Crippen LogP contribution in [0.15, 0.2) is 29.2 Å². The zero-order valence-electron chi connectivity index (χ0n) is 6.60. The van der Waals surface area contributed by atoms with Crippen LogP contribution in [0.1, 0.15) is 0 Å². The van der Waals surface area contributed by atoms with Gasteiger partial charge in [-0.3, -0.25) is 4.21 Å². The molecule has 5 heteroatoms. The van der Waals surface area contributed by atoms with Gasteiger partial charge in [-0.15, -0.1) is 0 Å². The summed E-state index contributed by atoms with van der Waals surface area (Å²) in [5, 5.41) is 17.5. The summed E-state index contributed by atoms with van der Waals surface area (Å²) in [6.45, 7) is 0. The predicted octanol–water partition coefficient (Wildman–Crippen LogP) is -0.896. The molecule has 0 spiro atoms. The predicted molar refractivity (Wildman–Crippen MR) is 48.6 cm³/mol. The van der Waals surface area contributed by atoms with Crippen molar-refractivity contribution in [3.63, 3.8) is 0 Å². The lowest BCUT2D eigenvalue weighted by atomic mass is 9.81. The zero-order chi connectivity index (χ0) is 9.14. The molecule has 0 aliphatic heterocycles.